The van der Waals surface area contributed by atoms with Gasteiger partial charge >= 0.3 is 0 Å². The van der Waals surface area contributed by atoms with E-state index in [-0.39, 0.29) is 0 Å². The quantitative estimate of drug-likeness (QED) is 0.322. The maximum absolute atomic E-state index is 9.19. The maximum Gasteiger partial charge on any atom is 0.258 e. The van der Waals surface area contributed by atoms with Crippen molar-refractivity contribution in [1.82, 2.24) is 24.8 Å². The second-order valence-corrected chi connectivity index (χ2v) is 8.99. The van der Waals surface area contributed by atoms with Gasteiger partial charge in [-0.2, -0.15) is 5.26 Å². The van der Waals surface area contributed by atoms with Crippen LogP contribution in [0.15, 0.2) is 71.6 Å². The Balaban J connectivity index is 0.000000529. The molecule has 0 bridgehead atoms. The van der Waals surface area contributed by atoms with Crippen molar-refractivity contribution >= 4 is 11.5 Å². The lowest BCUT2D eigenvalue weighted by Crippen LogP contribution is -2.03. The number of anilines is 1. The zero-order valence-corrected chi connectivity index (χ0v) is 21.4. The van der Waals surface area contributed by atoms with Gasteiger partial charge in [-0.3, -0.25) is 4.40 Å². The van der Waals surface area contributed by atoms with Gasteiger partial charge in [0.1, 0.15) is 6.26 Å². The SMILES string of the molecule is C1CCNC1.COc1nc(-c2ccc(C#N)cc2)c(-c2ccc(C)cc2)n2cc(CNc3ccon3)nc12. The number of ether oxygens (including phenoxy) is 1. The molecule has 3 aromatic heterocycles. The maximum atomic E-state index is 9.19. The molecule has 1 fully saturated rings. The number of nitrogens with one attached hydrogen (secondary N) is 2. The molecule has 9 heteroatoms. The molecule has 4 heterocycles. The van der Waals surface area contributed by atoms with Crippen molar-refractivity contribution in [3.63, 3.8) is 0 Å². The first kappa shape index (κ1) is 25.0. The van der Waals surface area contributed by atoms with Crippen molar-refractivity contribution in [2.45, 2.75) is 26.3 Å². The fourth-order valence-electron chi connectivity index (χ4n) is 4.29. The average molecular weight is 508 g/mol. The summed E-state index contributed by atoms with van der Waals surface area (Å²) < 4.78 is 12.5. The lowest BCUT2D eigenvalue weighted by atomic mass is 10.0. The summed E-state index contributed by atoms with van der Waals surface area (Å²) in [5.74, 6) is 1.05. The molecule has 1 aliphatic rings. The Morgan fingerprint density at radius 3 is 2.37 bits per heavy atom. The molecular weight excluding hydrogens is 478 g/mol. The van der Waals surface area contributed by atoms with Crippen LogP contribution in [-0.4, -0.2) is 39.7 Å². The van der Waals surface area contributed by atoms with E-state index in [0.29, 0.717) is 29.5 Å². The predicted molar refractivity (Wildman–Crippen MR) is 146 cm³/mol. The van der Waals surface area contributed by atoms with Crippen molar-refractivity contribution in [1.29, 1.82) is 5.26 Å². The molecule has 2 aromatic carbocycles. The lowest BCUT2D eigenvalue weighted by molar-refractivity contribution is 0.401. The third-order valence-corrected chi connectivity index (χ3v) is 6.28. The molecule has 5 aromatic rings. The standard InChI is InChI=1S/C25H20N6O2.C4H9N/c1-16-3-7-19(8-4-16)23-22(18-9-5-17(13-26)6-10-18)29-25(32-2)24-28-20(15-31(23)24)14-27-21-11-12-33-30-21;1-2-4-5-3-1/h3-12,15H,14H2,1-2H3,(H,27,30);5H,1-4H2. The number of nitriles is 1. The van der Waals surface area contributed by atoms with Crippen molar-refractivity contribution in [2.24, 2.45) is 0 Å². The fourth-order valence-corrected chi connectivity index (χ4v) is 4.29. The van der Waals surface area contributed by atoms with Crippen LogP contribution < -0.4 is 15.4 Å². The number of benzene rings is 2. The van der Waals surface area contributed by atoms with Crippen molar-refractivity contribution in [2.75, 3.05) is 25.5 Å². The highest BCUT2D eigenvalue weighted by Gasteiger charge is 2.20. The number of rotatable bonds is 6. The molecule has 0 atom stereocenters. The van der Waals surface area contributed by atoms with E-state index in [0.717, 1.165) is 28.2 Å². The van der Waals surface area contributed by atoms with E-state index in [1.54, 1.807) is 25.3 Å². The number of aromatic nitrogens is 4. The molecule has 0 radical (unpaired) electrons. The molecule has 0 spiro atoms. The monoisotopic (exact) mass is 507 g/mol. The number of imidazole rings is 1. The molecule has 6 rings (SSSR count). The summed E-state index contributed by atoms with van der Waals surface area (Å²) in [5.41, 5.74) is 6.66. The van der Waals surface area contributed by atoms with Crippen molar-refractivity contribution in [3.05, 3.63) is 83.9 Å². The smallest absolute Gasteiger partial charge is 0.258 e. The zero-order valence-electron chi connectivity index (χ0n) is 21.4. The number of aryl methyl sites for hydroxylation is 1. The molecule has 38 heavy (non-hydrogen) atoms. The van der Waals surface area contributed by atoms with Crippen LogP contribution >= 0.6 is 0 Å². The minimum atomic E-state index is 0.415. The van der Waals surface area contributed by atoms with E-state index in [4.69, 9.17) is 19.2 Å². The van der Waals surface area contributed by atoms with Gasteiger partial charge in [0.15, 0.2) is 5.82 Å². The Bertz CT molecular complexity index is 1520. The first-order valence-corrected chi connectivity index (χ1v) is 12.5. The first-order chi connectivity index (χ1) is 18.7. The highest BCUT2D eigenvalue weighted by molar-refractivity contribution is 5.82. The summed E-state index contributed by atoms with van der Waals surface area (Å²) >= 11 is 0. The molecule has 0 aliphatic carbocycles. The number of hydrogen-bond acceptors (Lipinski definition) is 8. The molecule has 192 valence electrons. The lowest BCUT2D eigenvalue weighted by Gasteiger charge is -2.14. The Morgan fingerprint density at radius 2 is 1.76 bits per heavy atom. The molecule has 1 aliphatic heterocycles. The fraction of sp³-hybridized carbons (Fsp3) is 0.241. The highest BCUT2D eigenvalue weighted by atomic mass is 16.5. The molecule has 0 amide bonds. The predicted octanol–water partition coefficient (Wildman–Crippen LogP) is 5.22. The number of methoxy groups -OCH3 is 1. The van der Waals surface area contributed by atoms with E-state index in [1.807, 2.05) is 22.7 Å². The van der Waals surface area contributed by atoms with Crippen molar-refractivity contribution in [3.8, 4) is 34.5 Å². The second-order valence-electron chi connectivity index (χ2n) is 8.99. The van der Waals surface area contributed by atoms with Crippen LogP contribution in [0.3, 0.4) is 0 Å². The van der Waals surface area contributed by atoms with E-state index >= 15 is 0 Å². The largest absolute Gasteiger partial charge is 0.478 e. The highest BCUT2D eigenvalue weighted by Crippen LogP contribution is 2.35. The van der Waals surface area contributed by atoms with Gasteiger partial charge in [0.2, 0.25) is 5.65 Å². The zero-order chi connectivity index (χ0) is 26.3. The minimum Gasteiger partial charge on any atom is -0.478 e. The molecular formula is C29H29N7O2. The second kappa shape index (κ2) is 11.6. The topological polar surface area (TPSA) is 113 Å². The Morgan fingerprint density at radius 1 is 1.03 bits per heavy atom. The normalized spacial score (nSPS) is 12.6. The minimum absolute atomic E-state index is 0.415. The average Bonchev–Trinajstić information content (AvgIpc) is 3.75. The van der Waals surface area contributed by atoms with Gasteiger partial charge < -0.3 is 19.9 Å². The van der Waals surface area contributed by atoms with Crippen LogP contribution in [0.25, 0.3) is 28.2 Å². The molecule has 0 saturated carbocycles. The van der Waals surface area contributed by atoms with Crippen molar-refractivity contribution < 1.29 is 9.26 Å². The number of fused-ring (bicyclic) bond motifs is 1. The van der Waals surface area contributed by atoms with Gasteiger partial charge in [-0.05, 0) is 45.0 Å². The van der Waals surface area contributed by atoms with E-state index in [9.17, 15) is 5.26 Å². The van der Waals surface area contributed by atoms with Crippen LogP contribution in [0.4, 0.5) is 5.82 Å². The van der Waals surface area contributed by atoms with Gasteiger partial charge in [0.05, 0.1) is 42.4 Å². The first-order valence-electron chi connectivity index (χ1n) is 12.5. The van der Waals surface area contributed by atoms with Crippen LogP contribution in [0.2, 0.25) is 0 Å². The Hall–Kier alpha value is -4.68. The van der Waals surface area contributed by atoms with Gasteiger partial charge in [0, 0.05) is 23.4 Å². The summed E-state index contributed by atoms with van der Waals surface area (Å²) in [4.78, 5) is 9.59. The van der Waals surface area contributed by atoms with E-state index in [2.05, 4.69) is 53.0 Å². The van der Waals surface area contributed by atoms with E-state index < -0.39 is 0 Å². The summed E-state index contributed by atoms with van der Waals surface area (Å²) in [6.45, 7) is 5.01. The number of hydrogen-bond donors (Lipinski definition) is 2. The van der Waals surface area contributed by atoms with Crippen LogP contribution in [0, 0.1) is 18.3 Å². The summed E-state index contributed by atoms with van der Waals surface area (Å²) in [5, 5.41) is 19.5. The molecule has 0 unspecified atom stereocenters. The van der Waals surface area contributed by atoms with Crippen LogP contribution in [0.1, 0.15) is 29.7 Å². The third kappa shape index (κ3) is 5.51. The van der Waals surface area contributed by atoms with Gasteiger partial charge in [-0.1, -0.05) is 47.1 Å². The van der Waals surface area contributed by atoms with Gasteiger partial charge in [-0.25, -0.2) is 9.97 Å². The number of nitrogens with zero attached hydrogens (tertiary/aromatic N) is 5. The summed E-state index contributed by atoms with van der Waals surface area (Å²) in [6, 6.07) is 19.5. The molecule has 9 nitrogen and oxygen atoms in total. The summed E-state index contributed by atoms with van der Waals surface area (Å²) in [7, 11) is 1.58. The van der Waals surface area contributed by atoms with Crippen LogP contribution in [0.5, 0.6) is 5.88 Å². The summed E-state index contributed by atoms with van der Waals surface area (Å²) in [6.07, 6.45) is 6.26. The van der Waals surface area contributed by atoms with Crippen LogP contribution in [-0.2, 0) is 6.54 Å². The van der Waals surface area contributed by atoms with E-state index in [1.165, 1.54) is 37.8 Å². The Kier molecular flexibility index (Phi) is 7.62. The Labute approximate surface area is 221 Å². The van der Waals surface area contributed by atoms with Gasteiger partial charge in [0.25, 0.3) is 5.88 Å². The third-order valence-electron chi connectivity index (χ3n) is 6.28. The van der Waals surface area contributed by atoms with Gasteiger partial charge in [-0.15, -0.1) is 0 Å². The molecule has 1 saturated heterocycles. The molecule has 2 N–H and O–H groups in total.